The van der Waals surface area contributed by atoms with Crippen molar-refractivity contribution in [3.63, 3.8) is 0 Å². The van der Waals surface area contributed by atoms with Gasteiger partial charge in [-0.3, -0.25) is 4.99 Å². The summed E-state index contributed by atoms with van der Waals surface area (Å²) in [6, 6.07) is 5.34. The lowest BCUT2D eigenvalue weighted by molar-refractivity contribution is 0.231. The summed E-state index contributed by atoms with van der Waals surface area (Å²) in [6.07, 6.45) is 2.40. The first kappa shape index (κ1) is 16.9. The molecule has 0 radical (unpaired) electrons. The van der Waals surface area contributed by atoms with Gasteiger partial charge in [0.2, 0.25) is 0 Å². The van der Waals surface area contributed by atoms with Crippen LogP contribution in [0, 0.1) is 5.82 Å². The molecule has 26 heavy (non-hydrogen) atoms. The molecule has 2 aliphatic rings. The first-order chi connectivity index (χ1) is 12.5. The van der Waals surface area contributed by atoms with E-state index in [-0.39, 0.29) is 23.7 Å². The molecule has 1 saturated heterocycles. The van der Waals surface area contributed by atoms with Gasteiger partial charge in [-0.1, -0.05) is 0 Å². The van der Waals surface area contributed by atoms with Crippen molar-refractivity contribution in [2.75, 3.05) is 18.0 Å². The predicted molar refractivity (Wildman–Crippen MR) is 98.3 cm³/mol. The van der Waals surface area contributed by atoms with Gasteiger partial charge in [0.15, 0.2) is 11.6 Å². The fourth-order valence-corrected chi connectivity index (χ4v) is 3.40. The summed E-state index contributed by atoms with van der Waals surface area (Å²) in [7, 11) is 0. The number of nitrogens with two attached hydrogens (primary N) is 1. The summed E-state index contributed by atoms with van der Waals surface area (Å²) in [5.74, 6) is 0.733. The van der Waals surface area contributed by atoms with Crippen molar-refractivity contribution in [2.45, 2.75) is 39.0 Å². The molecular weight excluding hydrogens is 333 g/mol. The fourth-order valence-electron chi connectivity index (χ4n) is 3.40. The predicted octanol–water partition coefficient (Wildman–Crippen LogP) is 2.29. The van der Waals surface area contributed by atoms with Crippen molar-refractivity contribution in [3.8, 4) is 5.75 Å². The van der Waals surface area contributed by atoms with Gasteiger partial charge >= 0.3 is 0 Å². The summed E-state index contributed by atoms with van der Waals surface area (Å²) in [5, 5.41) is 0. The van der Waals surface area contributed by atoms with Crippen LogP contribution in [-0.4, -0.2) is 40.9 Å². The largest absolute Gasteiger partial charge is 0.488 e. The quantitative estimate of drug-likeness (QED) is 0.911. The average molecular weight is 355 g/mol. The number of nitrogens with zero attached hydrogens (tertiary/aromatic N) is 4. The first-order valence-corrected chi connectivity index (χ1v) is 8.88. The van der Waals surface area contributed by atoms with Gasteiger partial charge in [0, 0.05) is 30.8 Å². The van der Waals surface area contributed by atoms with Gasteiger partial charge in [0.25, 0.3) is 0 Å². The topological polar surface area (TPSA) is 76.6 Å². The van der Waals surface area contributed by atoms with Gasteiger partial charge in [0.05, 0.1) is 24.1 Å². The Morgan fingerprint density at radius 3 is 2.85 bits per heavy atom. The Balaban J connectivity index is 1.67. The van der Waals surface area contributed by atoms with Gasteiger partial charge in [0.1, 0.15) is 12.1 Å². The number of halogens is 1. The van der Waals surface area contributed by atoms with Gasteiger partial charge in [-0.15, -0.1) is 0 Å². The van der Waals surface area contributed by atoms with E-state index in [9.17, 15) is 4.39 Å². The molecule has 1 aromatic heterocycles. The average Bonchev–Trinajstić information content (AvgIpc) is 3.21. The molecule has 1 atom stereocenters. The minimum absolute atomic E-state index is 0.102. The monoisotopic (exact) mass is 355 g/mol. The molecule has 3 heterocycles. The maximum Gasteiger partial charge on any atom is 0.165 e. The second-order valence-electron chi connectivity index (χ2n) is 7.03. The van der Waals surface area contributed by atoms with Crippen molar-refractivity contribution in [1.29, 1.82) is 0 Å². The van der Waals surface area contributed by atoms with E-state index in [4.69, 9.17) is 10.5 Å². The zero-order valence-corrected chi connectivity index (χ0v) is 14.9. The number of ether oxygens (including phenoxy) is 1. The first-order valence-electron chi connectivity index (χ1n) is 8.88. The molecule has 0 aliphatic carbocycles. The summed E-state index contributed by atoms with van der Waals surface area (Å²) in [4.78, 5) is 15.5. The number of hydrogen-bond acceptors (Lipinski definition) is 6. The lowest BCUT2D eigenvalue weighted by Crippen LogP contribution is -2.27. The van der Waals surface area contributed by atoms with Crippen LogP contribution in [0.2, 0.25) is 0 Å². The van der Waals surface area contributed by atoms with Crippen LogP contribution in [0.1, 0.15) is 37.1 Å². The highest BCUT2D eigenvalue weighted by Crippen LogP contribution is 2.30. The van der Waals surface area contributed by atoms with Crippen LogP contribution in [0.4, 0.5) is 10.2 Å². The SMILES string of the molecule is CC(C)Oc1cc2c(cc1F)CN=C2c1cc(N2CC[C@@H](N)C2)ncn1. The fraction of sp³-hybridized carbons (Fsp3) is 0.421. The van der Waals surface area contributed by atoms with Crippen LogP contribution in [0.25, 0.3) is 0 Å². The lowest BCUT2D eigenvalue weighted by atomic mass is 10.0. The van der Waals surface area contributed by atoms with Gasteiger partial charge in [-0.05, 0) is 38.0 Å². The van der Waals surface area contributed by atoms with E-state index < -0.39 is 0 Å². The molecule has 4 rings (SSSR count). The zero-order valence-electron chi connectivity index (χ0n) is 14.9. The Labute approximate surface area is 151 Å². The van der Waals surface area contributed by atoms with Crippen molar-refractivity contribution >= 4 is 11.5 Å². The summed E-state index contributed by atoms with van der Waals surface area (Å²) < 4.78 is 19.8. The van der Waals surface area contributed by atoms with Crippen molar-refractivity contribution < 1.29 is 9.13 Å². The molecule has 1 fully saturated rings. The third-order valence-electron chi connectivity index (χ3n) is 4.63. The maximum absolute atomic E-state index is 14.2. The second-order valence-corrected chi connectivity index (χ2v) is 7.03. The Hall–Kier alpha value is -2.54. The molecule has 136 valence electrons. The van der Waals surface area contributed by atoms with Crippen LogP contribution in [0.3, 0.4) is 0 Å². The molecule has 7 heteroatoms. The van der Waals surface area contributed by atoms with Crippen LogP contribution in [0.15, 0.2) is 29.5 Å². The Morgan fingerprint density at radius 1 is 1.27 bits per heavy atom. The van der Waals surface area contributed by atoms with E-state index in [1.165, 1.54) is 6.07 Å². The molecular formula is C19H22FN5O. The molecule has 0 bridgehead atoms. The zero-order chi connectivity index (χ0) is 18.3. The molecule has 0 spiro atoms. The highest BCUT2D eigenvalue weighted by molar-refractivity contribution is 6.14. The number of aromatic nitrogens is 2. The van der Waals surface area contributed by atoms with E-state index in [0.717, 1.165) is 47.9 Å². The Kier molecular flexibility index (Phi) is 4.32. The molecule has 2 aliphatic heterocycles. The molecule has 2 N–H and O–H groups in total. The minimum atomic E-state index is -0.358. The molecule has 2 aromatic rings. The number of benzene rings is 1. The smallest absolute Gasteiger partial charge is 0.165 e. The molecule has 0 amide bonds. The Morgan fingerprint density at radius 2 is 2.12 bits per heavy atom. The number of rotatable bonds is 4. The van der Waals surface area contributed by atoms with E-state index in [2.05, 4.69) is 19.9 Å². The van der Waals surface area contributed by atoms with Crippen LogP contribution < -0.4 is 15.4 Å². The highest BCUT2D eigenvalue weighted by atomic mass is 19.1. The third-order valence-corrected chi connectivity index (χ3v) is 4.63. The summed E-state index contributed by atoms with van der Waals surface area (Å²) >= 11 is 0. The van der Waals surface area contributed by atoms with E-state index in [0.29, 0.717) is 6.54 Å². The Bertz CT molecular complexity index is 867. The van der Waals surface area contributed by atoms with Crippen LogP contribution in [-0.2, 0) is 6.54 Å². The molecule has 1 aromatic carbocycles. The van der Waals surface area contributed by atoms with Gasteiger partial charge < -0.3 is 15.4 Å². The minimum Gasteiger partial charge on any atom is -0.488 e. The van der Waals surface area contributed by atoms with Crippen LogP contribution in [0.5, 0.6) is 5.75 Å². The number of fused-ring (bicyclic) bond motifs is 1. The lowest BCUT2D eigenvalue weighted by Gasteiger charge is -2.17. The highest BCUT2D eigenvalue weighted by Gasteiger charge is 2.25. The van der Waals surface area contributed by atoms with E-state index in [1.807, 2.05) is 19.9 Å². The normalized spacial score (nSPS) is 19.0. The molecule has 0 unspecified atom stereocenters. The third kappa shape index (κ3) is 3.14. The van der Waals surface area contributed by atoms with Crippen molar-refractivity contribution in [2.24, 2.45) is 10.7 Å². The molecule has 0 saturated carbocycles. The van der Waals surface area contributed by atoms with Gasteiger partial charge in [-0.2, -0.15) is 0 Å². The van der Waals surface area contributed by atoms with Crippen LogP contribution >= 0.6 is 0 Å². The molecule has 6 nitrogen and oxygen atoms in total. The second kappa shape index (κ2) is 6.64. The summed E-state index contributed by atoms with van der Waals surface area (Å²) in [5.41, 5.74) is 9.19. The van der Waals surface area contributed by atoms with Gasteiger partial charge in [-0.25, -0.2) is 14.4 Å². The van der Waals surface area contributed by atoms with Crippen molar-refractivity contribution in [1.82, 2.24) is 9.97 Å². The van der Waals surface area contributed by atoms with E-state index in [1.54, 1.807) is 12.4 Å². The number of aliphatic imine (C=N–C) groups is 1. The number of anilines is 1. The standard InChI is InChI=1S/C19H22FN5O/c1-11(2)26-17-6-14-12(5-15(17)20)8-22-19(14)16-7-18(24-10-23-16)25-4-3-13(21)9-25/h5-7,10-11,13H,3-4,8-9,21H2,1-2H3/t13-/m1/s1. The maximum atomic E-state index is 14.2. The van der Waals surface area contributed by atoms with E-state index >= 15 is 0 Å². The van der Waals surface area contributed by atoms with Crippen molar-refractivity contribution in [3.05, 3.63) is 47.2 Å². The number of hydrogen-bond donors (Lipinski definition) is 1. The summed E-state index contributed by atoms with van der Waals surface area (Å²) in [6.45, 7) is 5.87.